The van der Waals surface area contributed by atoms with Crippen LogP contribution in [0, 0.1) is 5.92 Å². The average molecular weight is 341 g/mol. The number of anilines is 1. The molecule has 25 heavy (non-hydrogen) atoms. The number of aromatic nitrogens is 3. The van der Waals surface area contributed by atoms with Gasteiger partial charge in [-0.25, -0.2) is 15.0 Å². The summed E-state index contributed by atoms with van der Waals surface area (Å²) in [4.78, 5) is 28.9. The van der Waals surface area contributed by atoms with Crippen molar-refractivity contribution in [1.82, 2.24) is 19.6 Å². The number of hydrogen-bond donors (Lipinski definition) is 0. The topological polar surface area (TPSA) is 63.5 Å². The smallest absolute Gasteiger partial charge is 0.294 e. The highest BCUT2D eigenvalue weighted by molar-refractivity contribution is 5.93. The molecule has 1 aliphatic heterocycles. The van der Waals surface area contributed by atoms with Crippen LogP contribution in [0.25, 0.3) is 11.1 Å². The Morgan fingerprint density at radius 2 is 2.04 bits per heavy atom. The van der Waals surface area contributed by atoms with E-state index in [0.29, 0.717) is 30.7 Å². The van der Waals surface area contributed by atoms with Crippen molar-refractivity contribution in [1.29, 1.82) is 0 Å². The van der Waals surface area contributed by atoms with Crippen LogP contribution >= 0.6 is 0 Å². The largest absolute Gasteiger partial charge is 0.347 e. The lowest BCUT2D eigenvalue weighted by molar-refractivity contribution is -0.0774. The lowest BCUT2D eigenvalue weighted by Crippen LogP contribution is -2.28. The normalized spacial score (nSPS) is 17.1. The molecule has 2 aliphatic rings. The van der Waals surface area contributed by atoms with E-state index in [1.54, 1.807) is 12.4 Å². The fraction of sp³-hybridized carbons (Fsp3) is 0.500. The molecule has 0 spiro atoms. The summed E-state index contributed by atoms with van der Waals surface area (Å²) in [5, 5.41) is 1.48. The molecule has 0 unspecified atom stereocenters. The maximum atomic E-state index is 12.8. The van der Waals surface area contributed by atoms with E-state index in [2.05, 4.69) is 14.5 Å². The van der Waals surface area contributed by atoms with Crippen LogP contribution in [-0.4, -0.2) is 52.8 Å². The van der Waals surface area contributed by atoms with Crippen LogP contribution < -0.4 is 4.90 Å². The van der Waals surface area contributed by atoms with Gasteiger partial charge in [-0.15, -0.1) is 0 Å². The number of carbonyl (C=O) groups excluding carboxylic acids is 1. The van der Waals surface area contributed by atoms with Gasteiger partial charge in [0.2, 0.25) is 5.95 Å². The van der Waals surface area contributed by atoms with Gasteiger partial charge in [-0.05, 0) is 31.2 Å². The first-order chi connectivity index (χ1) is 12.1. The molecule has 7 heteroatoms. The van der Waals surface area contributed by atoms with Crippen LogP contribution in [-0.2, 0) is 11.4 Å². The minimum absolute atomic E-state index is 0.0600. The van der Waals surface area contributed by atoms with E-state index in [4.69, 9.17) is 4.84 Å². The van der Waals surface area contributed by atoms with E-state index in [0.717, 1.165) is 24.1 Å². The molecule has 1 aliphatic carbocycles. The minimum atomic E-state index is -0.0600. The zero-order valence-corrected chi connectivity index (χ0v) is 14.7. The van der Waals surface area contributed by atoms with Crippen molar-refractivity contribution in [3.8, 4) is 11.1 Å². The molecule has 1 saturated carbocycles. The monoisotopic (exact) mass is 341 g/mol. The van der Waals surface area contributed by atoms with Gasteiger partial charge in [0.05, 0.1) is 13.2 Å². The number of hydrogen-bond acceptors (Lipinski definition) is 5. The first-order valence-electron chi connectivity index (χ1n) is 8.76. The molecule has 132 valence electrons. The lowest BCUT2D eigenvalue weighted by Gasteiger charge is -2.15. The SMILES string of the molecule is CN(C)c1ncc(-c2cc(C(=O)N3CCCO3)n(CC3CC3)c2)cn1. The second-order valence-corrected chi connectivity index (χ2v) is 6.97. The molecule has 0 bridgehead atoms. The van der Waals surface area contributed by atoms with Crippen molar-refractivity contribution < 1.29 is 9.63 Å². The van der Waals surface area contributed by atoms with Crippen LogP contribution in [0.15, 0.2) is 24.7 Å². The summed E-state index contributed by atoms with van der Waals surface area (Å²) in [6.07, 6.45) is 9.01. The Bertz CT molecular complexity index is 758. The van der Waals surface area contributed by atoms with Gasteiger partial charge in [-0.1, -0.05) is 0 Å². The van der Waals surface area contributed by atoms with Gasteiger partial charge in [0.1, 0.15) is 5.69 Å². The molecular formula is C18H23N5O2. The van der Waals surface area contributed by atoms with Gasteiger partial charge < -0.3 is 9.47 Å². The summed E-state index contributed by atoms with van der Waals surface area (Å²) in [6, 6.07) is 1.93. The molecular weight excluding hydrogens is 318 g/mol. The van der Waals surface area contributed by atoms with Gasteiger partial charge in [-0.3, -0.25) is 9.63 Å². The quantitative estimate of drug-likeness (QED) is 0.834. The first-order valence-corrected chi connectivity index (χ1v) is 8.76. The van der Waals surface area contributed by atoms with Crippen molar-refractivity contribution in [2.24, 2.45) is 5.92 Å². The van der Waals surface area contributed by atoms with E-state index in [1.165, 1.54) is 17.9 Å². The van der Waals surface area contributed by atoms with Crippen molar-refractivity contribution in [3.05, 3.63) is 30.4 Å². The third-order valence-corrected chi connectivity index (χ3v) is 4.62. The van der Waals surface area contributed by atoms with Crippen LogP contribution in [0.5, 0.6) is 0 Å². The van der Waals surface area contributed by atoms with Gasteiger partial charge in [0, 0.05) is 50.4 Å². The van der Waals surface area contributed by atoms with Crippen LogP contribution in [0.3, 0.4) is 0 Å². The molecule has 7 nitrogen and oxygen atoms in total. The van der Waals surface area contributed by atoms with E-state index < -0.39 is 0 Å². The summed E-state index contributed by atoms with van der Waals surface area (Å²) in [5.41, 5.74) is 2.56. The molecule has 2 fully saturated rings. The lowest BCUT2D eigenvalue weighted by atomic mass is 10.2. The number of hydroxylamine groups is 2. The number of amides is 1. The van der Waals surface area contributed by atoms with Gasteiger partial charge in [0.15, 0.2) is 0 Å². The Morgan fingerprint density at radius 1 is 1.28 bits per heavy atom. The third kappa shape index (κ3) is 3.37. The highest BCUT2D eigenvalue weighted by Crippen LogP contribution is 2.33. The zero-order chi connectivity index (χ0) is 17.4. The maximum Gasteiger partial charge on any atom is 0.294 e. The molecule has 0 radical (unpaired) electrons. The number of rotatable bonds is 5. The van der Waals surface area contributed by atoms with E-state index in [9.17, 15) is 4.79 Å². The van der Waals surface area contributed by atoms with E-state index in [-0.39, 0.29) is 5.91 Å². The van der Waals surface area contributed by atoms with Gasteiger partial charge >= 0.3 is 0 Å². The molecule has 1 saturated heterocycles. The van der Waals surface area contributed by atoms with E-state index >= 15 is 0 Å². The van der Waals surface area contributed by atoms with Crippen LogP contribution in [0.1, 0.15) is 29.8 Å². The molecule has 0 N–H and O–H groups in total. The summed E-state index contributed by atoms with van der Waals surface area (Å²) in [5.74, 6) is 1.29. The fourth-order valence-corrected chi connectivity index (χ4v) is 3.01. The maximum absolute atomic E-state index is 12.8. The predicted molar refractivity (Wildman–Crippen MR) is 94.1 cm³/mol. The Hall–Kier alpha value is -2.41. The van der Waals surface area contributed by atoms with Crippen molar-refractivity contribution in [2.45, 2.75) is 25.8 Å². The van der Waals surface area contributed by atoms with Crippen molar-refractivity contribution in [3.63, 3.8) is 0 Å². The average Bonchev–Trinajstić information content (AvgIpc) is 3.11. The minimum Gasteiger partial charge on any atom is -0.347 e. The highest BCUT2D eigenvalue weighted by atomic mass is 16.7. The van der Waals surface area contributed by atoms with Crippen LogP contribution in [0.4, 0.5) is 5.95 Å². The zero-order valence-electron chi connectivity index (χ0n) is 14.7. The Kier molecular flexibility index (Phi) is 4.17. The van der Waals surface area contributed by atoms with Gasteiger partial charge in [-0.2, -0.15) is 0 Å². The Labute approximate surface area is 147 Å². The summed E-state index contributed by atoms with van der Waals surface area (Å²) >= 11 is 0. The molecule has 0 atom stereocenters. The Balaban J connectivity index is 1.64. The molecule has 1 amide bonds. The van der Waals surface area contributed by atoms with Crippen LogP contribution in [0.2, 0.25) is 0 Å². The molecule has 2 aromatic rings. The fourth-order valence-electron chi connectivity index (χ4n) is 3.01. The number of carbonyl (C=O) groups is 1. The van der Waals surface area contributed by atoms with Crippen molar-refractivity contribution in [2.75, 3.05) is 32.1 Å². The Morgan fingerprint density at radius 3 is 2.64 bits per heavy atom. The highest BCUT2D eigenvalue weighted by Gasteiger charge is 2.28. The van der Waals surface area contributed by atoms with Gasteiger partial charge in [0.25, 0.3) is 5.91 Å². The molecule has 2 aromatic heterocycles. The van der Waals surface area contributed by atoms with E-state index in [1.807, 2.05) is 31.3 Å². The standard InChI is InChI=1S/C18H23N5O2/c1-21(2)18-19-9-15(10-20-18)14-8-16(17(24)23-6-3-7-25-23)22(12-14)11-13-4-5-13/h8-10,12-13H,3-7,11H2,1-2H3. The molecule has 0 aromatic carbocycles. The second kappa shape index (κ2) is 6.48. The van der Waals surface area contributed by atoms with Crippen molar-refractivity contribution >= 4 is 11.9 Å². The molecule has 4 rings (SSSR count). The first kappa shape index (κ1) is 16.1. The summed E-state index contributed by atoms with van der Waals surface area (Å²) in [7, 11) is 3.82. The molecule has 3 heterocycles. The summed E-state index contributed by atoms with van der Waals surface area (Å²) in [6.45, 7) is 2.15. The predicted octanol–water partition coefficient (Wildman–Crippen LogP) is 2.20. The third-order valence-electron chi connectivity index (χ3n) is 4.62. The second-order valence-electron chi connectivity index (χ2n) is 6.97. The summed E-state index contributed by atoms with van der Waals surface area (Å²) < 4.78 is 2.07. The number of nitrogens with zero attached hydrogens (tertiary/aromatic N) is 5.